The first kappa shape index (κ1) is 13.3. The van der Waals surface area contributed by atoms with Crippen molar-refractivity contribution in [3.05, 3.63) is 33.9 Å². The smallest absolute Gasteiger partial charge is 0.271 e. The quantitative estimate of drug-likeness (QED) is 0.479. The number of amides is 1. The lowest BCUT2D eigenvalue weighted by molar-refractivity contribution is -0.384. The Morgan fingerprint density at radius 2 is 1.95 bits per heavy atom. The summed E-state index contributed by atoms with van der Waals surface area (Å²) in [6.07, 6.45) is 0. The molecular weight excluding hydrogens is 248 g/mol. The summed E-state index contributed by atoms with van der Waals surface area (Å²) in [7, 11) is 2.00. The minimum atomic E-state index is -0.527. The van der Waals surface area contributed by atoms with Crippen molar-refractivity contribution in [1.29, 1.82) is 0 Å². The van der Waals surface area contributed by atoms with Gasteiger partial charge in [-0.15, -0.1) is 0 Å². The molecule has 1 saturated heterocycles. The van der Waals surface area contributed by atoms with Crippen LogP contribution in [0.15, 0.2) is 18.2 Å². The molecule has 0 aromatic heterocycles. The van der Waals surface area contributed by atoms with Crippen LogP contribution in [0.2, 0.25) is 0 Å². The average molecular weight is 264 g/mol. The number of nitrogens with two attached hydrogens (primary N) is 1. The maximum absolute atomic E-state index is 12.3. The van der Waals surface area contributed by atoms with Crippen LogP contribution in [-0.2, 0) is 0 Å². The summed E-state index contributed by atoms with van der Waals surface area (Å²) in [5.74, 6) is -0.166. The minimum absolute atomic E-state index is 0.104. The van der Waals surface area contributed by atoms with Gasteiger partial charge in [0.1, 0.15) is 0 Å². The number of rotatable bonds is 2. The van der Waals surface area contributed by atoms with E-state index in [-0.39, 0.29) is 17.3 Å². The maximum atomic E-state index is 12.3. The summed E-state index contributed by atoms with van der Waals surface area (Å²) < 4.78 is 0. The Balaban J connectivity index is 2.17. The van der Waals surface area contributed by atoms with E-state index in [4.69, 9.17) is 5.73 Å². The first-order valence-corrected chi connectivity index (χ1v) is 6.01. The normalized spacial score (nSPS) is 16.4. The van der Waals surface area contributed by atoms with Crippen molar-refractivity contribution in [1.82, 2.24) is 9.80 Å². The highest BCUT2D eigenvalue weighted by molar-refractivity contribution is 5.99. The molecule has 19 heavy (non-hydrogen) atoms. The lowest BCUT2D eigenvalue weighted by atomic mass is 10.1. The molecular formula is C12H16N4O3. The molecule has 1 fully saturated rings. The molecule has 2 rings (SSSR count). The van der Waals surface area contributed by atoms with E-state index in [2.05, 4.69) is 4.90 Å². The number of nitro benzene ring substituents is 1. The number of carbonyl (C=O) groups is 1. The van der Waals surface area contributed by atoms with Crippen LogP contribution in [0.5, 0.6) is 0 Å². The van der Waals surface area contributed by atoms with Gasteiger partial charge in [0.05, 0.1) is 16.2 Å². The van der Waals surface area contributed by atoms with E-state index in [1.807, 2.05) is 7.05 Å². The second-order valence-corrected chi connectivity index (χ2v) is 4.62. The van der Waals surface area contributed by atoms with Gasteiger partial charge >= 0.3 is 0 Å². The van der Waals surface area contributed by atoms with Gasteiger partial charge in [-0.05, 0) is 13.1 Å². The fraction of sp³-hybridized carbons (Fsp3) is 0.417. The molecule has 1 aliphatic heterocycles. The van der Waals surface area contributed by atoms with E-state index >= 15 is 0 Å². The summed E-state index contributed by atoms with van der Waals surface area (Å²) >= 11 is 0. The van der Waals surface area contributed by atoms with Crippen LogP contribution in [0.1, 0.15) is 10.4 Å². The topological polar surface area (TPSA) is 92.7 Å². The van der Waals surface area contributed by atoms with Crippen LogP contribution in [0.25, 0.3) is 0 Å². The monoisotopic (exact) mass is 264 g/mol. The molecule has 0 unspecified atom stereocenters. The number of hydrogen-bond donors (Lipinski definition) is 1. The number of benzene rings is 1. The van der Waals surface area contributed by atoms with Crippen molar-refractivity contribution in [3.8, 4) is 0 Å². The summed E-state index contributed by atoms with van der Waals surface area (Å²) in [5.41, 5.74) is 6.11. The molecule has 0 atom stereocenters. The van der Waals surface area contributed by atoms with Crippen LogP contribution in [0.4, 0.5) is 11.4 Å². The molecule has 1 heterocycles. The second-order valence-electron chi connectivity index (χ2n) is 4.62. The molecule has 0 saturated carbocycles. The first-order valence-electron chi connectivity index (χ1n) is 6.01. The zero-order chi connectivity index (χ0) is 14.0. The lowest BCUT2D eigenvalue weighted by Gasteiger charge is -2.32. The Morgan fingerprint density at radius 1 is 1.32 bits per heavy atom. The fourth-order valence-corrected chi connectivity index (χ4v) is 2.04. The van der Waals surface area contributed by atoms with Gasteiger partial charge in [-0.3, -0.25) is 14.9 Å². The van der Waals surface area contributed by atoms with Crippen molar-refractivity contribution < 1.29 is 9.72 Å². The van der Waals surface area contributed by atoms with Crippen LogP contribution in [-0.4, -0.2) is 53.9 Å². The van der Waals surface area contributed by atoms with Gasteiger partial charge in [-0.2, -0.15) is 0 Å². The third kappa shape index (κ3) is 2.82. The van der Waals surface area contributed by atoms with Gasteiger partial charge in [0.25, 0.3) is 11.6 Å². The molecule has 1 aromatic rings. The van der Waals surface area contributed by atoms with E-state index in [0.29, 0.717) is 18.7 Å². The highest BCUT2D eigenvalue weighted by Gasteiger charge is 2.22. The molecule has 1 amide bonds. The number of nitro groups is 1. The largest absolute Gasteiger partial charge is 0.398 e. The summed E-state index contributed by atoms with van der Waals surface area (Å²) in [6.45, 7) is 2.93. The summed E-state index contributed by atoms with van der Waals surface area (Å²) in [5, 5.41) is 10.6. The van der Waals surface area contributed by atoms with Gasteiger partial charge in [-0.1, -0.05) is 0 Å². The molecule has 102 valence electrons. The number of anilines is 1. The Bertz CT molecular complexity index is 510. The molecule has 1 aliphatic rings. The maximum Gasteiger partial charge on any atom is 0.271 e. The van der Waals surface area contributed by atoms with Crippen LogP contribution in [0, 0.1) is 10.1 Å². The molecule has 0 radical (unpaired) electrons. The van der Waals surface area contributed by atoms with Gasteiger partial charge in [0.2, 0.25) is 0 Å². The van der Waals surface area contributed by atoms with Crippen molar-refractivity contribution in [2.75, 3.05) is 39.0 Å². The van der Waals surface area contributed by atoms with E-state index in [1.54, 1.807) is 4.90 Å². The predicted molar refractivity (Wildman–Crippen MR) is 70.9 cm³/mol. The first-order chi connectivity index (χ1) is 8.99. The van der Waals surface area contributed by atoms with Gasteiger partial charge < -0.3 is 15.5 Å². The number of carbonyl (C=O) groups excluding carboxylic acids is 1. The van der Waals surface area contributed by atoms with Crippen LogP contribution in [0.3, 0.4) is 0 Å². The Kier molecular flexibility index (Phi) is 3.66. The standard InChI is InChI=1S/C12H16N4O3/c1-14-4-6-15(7-5-14)12(17)10-3-2-9(16(18)19)8-11(10)13/h2-3,8H,4-7,13H2,1H3. The van der Waals surface area contributed by atoms with E-state index in [0.717, 1.165) is 13.1 Å². The number of non-ortho nitro benzene ring substituents is 1. The van der Waals surface area contributed by atoms with Gasteiger partial charge in [0.15, 0.2) is 0 Å². The third-order valence-electron chi connectivity index (χ3n) is 3.27. The Labute approximate surface area is 110 Å². The zero-order valence-corrected chi connectivity index (χ0v) is 10.7. The average Bonchev–Trinajstić information content (AvgIpc) is 2.38. The third-order valence-corrected chi connectivity index (χ3v) is 3.27. The second kappa shape index (κ2) is 5.23. The van der Waals surface area contributed by atoms with E-state index in [9.17, 15) is 14.9 Å². The van der Waals surface area contributed by atoms with E-state index in [1.165, 1.54) is 18.2 Å². The minimum Gasteiger partial charge on any atom is -0.398 e. The molecule has 0 spiro atoms. The highest BCUT2D eigenvalue weighted by Crippen LogP contribution is 2.21. The van der Waals surface area contributed by atoms with Crippen molar-refractivity contribution in [2.45, 2.75) is 0 Å². The number of nitrogens with zero attached hydrogens (tertiary/aromatic N) is 3. The highest BCUT2D eigenvalue weighted by atomic mass is 16.6. The summed E-state index contributed by atoms with van der Waals surface area (Å²) in [4.78, 5) is 26.2. The lowest BCUT2D eigenvalue weighted by Crippen LogP contribution is -2.47. The Morgan fingerprint density at radius 3 is 2.47 bits per heavy atom. The van der Waals surface area contributed by atoms with Crippen molar-refractivity contribution in [2.24, 2.45) is 0 Å². The van der Waals surface area contributed by atoms with Crippen LogP contribution < -0.4 is 5.73 Å². The predicted octanol–water partition coefficient (Wildman–Crippen LogP) is 0.565. The van der Waals surface area contributed by atoms with Crippen molar-refractivity contribution >= 4 is 17.3 Å². The van der Waals surface area contributed by atoms with Gasteiger partial charge in [0, 0.05) is 38.3 Å². The van der Waals surface area contributed by atoms with Crippen molar-refractivity contribution in [3.63, 3.8) is 0 Å². The molecule has 2 N–H and O–H groups in total. The molecule has 7 nitrogen and oxygen atoms in total. The number of nitrogen functional groups attached to an aromatic ring is 1. The summed E-state index contributed by atoms with van der Waals surface area (Å²) in [6, 6.07) is 3.96. The SMILES string of the molecule is CN1CCN(C(=O)c2ccc([N+](=O)[O-])cc2N)CC1. The fourth-order valence-electron chi connectivity index (χ4n) is 2.04. The number of hydrogen-bond acceptors (Lipinski definition) is 5. The van der Waals surface area contributed by atoms with Crippen LogP contribution >= 0.6 is 0 Å². The molecule has 1 aromatic carbocycles. The Hall–Kier alpha value is -2.15. The number of piperazine rings is 1. The number of likely N-dealkylation sites (N-methyl/N-ethyl adjacent to an activating group) is 1. The molecule has 7 heteroatoms. The zero-order valence-electron chi connectivity index (χ0n) is 10.7. The van der Waals surface area contributed by atoms with E-state index < -0.39 is 4.92 Å². The molecule has 0 aliphatic carbocycles. The molecule has 0 bridgehead atoms. The van der Waals surface area contributed by atoms with Gasteiger partial charge in [-0.25, -0.2) is 0 Å².